The summed E-state index contributed by atoms with van der Waals surface area (Å²) in [5.74, 6) is -0.242. The lowest BCUT2D eigenvalue weighted by molar-refractivity contribution is -0.111. The van der Waals surface area contributed by atoms with Crippen molar-refractivity contribution in [3.8, 4) is 28.3 Å². The number of primary amides is 1. The smallest absolute Gasteiger partial charge is 0.254 e. The molecule has 0 fully saturated rings. The number of anilines is 1. The number of aromatic amines is 1. The summed E-state index contributed by atoms with van der Waals surface area (Å²) in [6.07, 6.45) is 2.82. The summed E-state index contributed by atoms with van der Waals surface area (Å²) >= 11 is 0. The van der Waals surface area contributed by atoms with Gasteiger partial charge in [0.1, 0.15) is 11.3 Å². The van der Waals surface area contributed by atoms with Gasteiger partial charge >= 0.3 is 0 Å². The molecule has 0 unspecified atom stereocenters. The first kappa shape index (κ1) is 20.0. The zero-order chi connectivity index (χ0) is 22.1. The highest BCUT2D eigenvalue weighted by Gasteiger charge is 2.23. The third-order valence-electron chi connectivity index (χ3n) is 5.05. The fourth-order valence-corrected chi connectivity index (χ4v) is 3.53. The first-order valence-corrected chi connectivity index (χ1v) is 9.51. The first-order chi connectivity index (χ1) is 14.9. The third kappa shape index (κ3) is 3.44. The number of nitrogens with one attached hydrogen (secondary N) is 2. The number of fused-ring (bicyclic) bond motifs is 1. The molecule has 8 heteroatoms. The number of nitrogens with zero attached hydrogens (tertiary/aromatic N) is 2. The molecular weight excluding hydrogens is 394 g/mol. The number of para-hydroxylation sites is 1. The van der Waals surface area contributed by atoms with E-state index in [4.69, 9.17) is 10.5 Å². The number of amides is 2. The van der Waals surface area contributed by atoms with Crippen LogP contribution in [0.15, 0.2) is 61.3 Å². The van der Waals surface area contributed by atoms with Crippen LogP contribution in [0.3, 0.4) is 0 Å². The minimum Gasteiger partial charge on any atom is -0.496 e. The average Bonchev–Trinajstić information content (AvgIpc) is 3.33. The van der Waals surface area contributed by atoms with Gasteiger partial charge < -0.3 is 15.8 Å². The summed E-state index contributed by atoms with van der Waals surface area (Å²) in [6, 6.07) is 12.9. The van der Waals surface area contributed by atoms with Gasteiger partial charge in [-0.25, -0.2) is 9.50 Å². The van der Waals surface area contributed by atoms with Gasteiger partial charge in [0.05, 0.1) is 30.4 Å². The maximum absolute atomic E-state index is 12.3. The number of aryl methyl sites for hydroxylation is 1. The molecule has 0 saturated heterocycles. The van der Waals surface area contributed by atoms with E-state index in [9.17, 15) is 9.59 Å². The van der Waals surface area contributed by atoms with Crippen LogP contribution >= 0.6 is 0 Å². The molecule has 0 aliphatic heterocycles. The molecule has 156 valence electrons. The Morgan fingerprint density at radius 2 is 2.03 bits per heavy atom. The number of hydrogen-bond acceptors (Lipinski definition) is 4. The van der Waals surface area contributed by atoms with Crippen molar-refractivity contribution in [2.24, 2.45) is 5.73 Å². The van der Waals surface area contributed by atoms with Crippen LogP contribution in [0.4, 0.5) is 5.69 Å². The maximum Gasteiger partial charge on any atom is 0.254 e. The predicted molar refractivity (Wildman–Crippen MR) is 119 cm³/mol. The number of hydrogen-bond donors (Lipinski definition) is 3. The van der Waals surface area contributed by atoms with E-state index in [2.05, 4.69) is 22.0 Å². The van der Waals surface area contributed by atoms with Crippen molar-refractivity contribution in [3.05, 3.63) is 72.4 Å². The fraction of sp³-hybridized carbons (Fsp3) is 0.0870. The molecule has 2 aromatic carbocycles. The predicted octanol–water partition coefficient (Wildman–Crippen LogP) is 3.54. The second-order valence-electron chi connectivity index (χ2n) is 6.95. The van der Waals surface area contributed by atoms with Gasteiger partial charge in [-0.1, -0.05) is 36.9 Å². The lowest BCUT2D eigenvalue weighted by Crippen LogP contribution is -2.12. The Morgan fingerprint density at radius 3 is 2.74 bits per heavy atom. The van der Waals surface area contributed by atoms with Crippen LogP contribution in [0.25, 0.3) is 28.2 Å². The molecule has 2 aromatic heterocycles. The Balaban J connectivity index is 1.93. The molecule has 4 rings (SSSR count). The topological polar surface area (TPSA) is 115 Å². The summed E-state index contributed by atoms with van der Waals surface area (Å²) < 4.78 is 7.10. The molecule has 0 bridgehead atoms. The second-order valence-corrected chi connectivity index (χ2v) is 6.95. The van der Waals surface area contributed by atoms with Crippen LogP contribution < -0.4 is 15.8 Å². The number of rotatable bonds is 6. The molecule has 0 aliphatic rings. The molecular formula is C23H21N5O3. The molecule has 2 heterocycles. The van der Waals surface area contributed by atoms with E-state index in [-0.39, 0.29) is 11.5 Å². The lowest BCUT2D eigenvalue weighted by atomic mass is 10.0. The van der Waals surface area contributed by atoms with Gasteiger partial charge in [0.15, 0.2) is 5.65 Å². The largest absolute Gasteiger partial charge is 0.496 e. The van der Waals surface area contributed by atoms with Crippen LogP contribution in [-0.4, -0.2) is 33.5 Å². The number of methoxy groups -OCH3 is 1. The summed E-state index contributed by atoms with van der Waals surface area (Å²) in [4.78, 5) is 28.6. The SMILES string of the molecule is C=CC(=O)Nc1ccccc1-c1cnc2c(C(N)=O)c(-c3ccc(C)c(OC)c3)[nH]n12. The van der Waals surface area contributed by atoms with Crippen molar-refractivity contribution < 1.29 is 14.3 Å². The standard InChI is InChI=1S/C23H21N5O3/c1-4-19(29)26-16-8-6-5-7-15(16)17-12-25-23-20(22(24)30)21(27-28(17)23)14-10-9-13(2)18(11-14)31-3/h4-12,27H,1H2,2-3H3,(H2,24,30)(H,26,29). The van der Waals surface area contributed by atoms with Gasteiger partial charge in [-0.2, -0.15) is 0 Å². The van der Waals surface area contributed by atoms with Gasteiger partial charge in [0.2, 0.25) is 5.91 Å². The summed E-state index contributed by atoms with van der Waals surface area (Å²) in [7, 11) is 1.59. The minimum absolute atomic E-state index is 0.268. The molecule has 4 aromatic rings. The van der Waals surface area contributed by atoms with Crippen molar-refractivity contribution in [1.29, 1.82) is 0 Å². The zero-order valence-electron chi connectivity index (χ0n) is 17.1. The number of benzene rings is 2. The number of ether oxygens (including phenoxy) is 1. The van der Waals surface area contributed by atoms with Crippen molar-refractivity contribution >= 4 is 23.1 Å². The molecule has 0 radical (unpaired) electrons. The van der Waals surface area contributed by atoms with E-state index in [0.717, 1.165) is 16.7 Å². The molecule has 0 aliphatic carbocycles. The van der Waals surface area contributed by atoms with E-state index in [1.165, 1.54) is 6.08 Å². The molecule has 0 spiro atoms. The molecule has 0 saturated carbocycles. The van der Waals surface area contributed by atoms with Crippen molar-refractivity contribution in [2.45, 2.75) is 6.92 Å². The molecule has 8 nitrogen and oxygen atoms in total. The van der Waals surface area contributed by atoms with E-state index >= 15 is 0 Å². The highest BCUT2D eigenvalue weighted by molar-refractivity contribution is 6.06. The maximum atomic E-state index is 12.3. The Labute approximate surface area is 178 Å². The van der Waals surface area contributed by atoms with Crippen LogP contribution in [0, 0.1) is 6.92 Å². The molecule has 4 N–H and O–H groups in total. The number of H-pyrrole nitrogens is 1. The lowest BCUT2D eigenvalue weighted by Gasteiger charge is -2.09. The zero-order valence-corrected chi connectivity index (χ0v) is 17.1. The van der Waals surface area contributed by atoms with Crippen LogP contribution in [-0.2, 0) is 4.79 Å². The Bertz CT molecular complexity index is 1330. The third-order valence-corrected chi connectivity index (χ3v) is 5.05. The van der Waals surface area contributed by atoms with E-state index in [1.807, 2.05) is 43.3 Å². The van der Waals surface area contributed by atoms with Gasteiger partial charge in [-0.3, -0.25) is 14.7 Å². The number of aromatic nitrogens is 3. The Hall–Kier alpha value is -4.33. The Kier molecular flexibility index (Phi) is 5.04. The summed E-state index contributed by atoms with van der Waals surface area (Å²) in [6.45, 7) is 5.43. The molecule has 31 heavy (non-hydrogen) atoms. The fourth-order valence-electron chi connectivity index (χ4n) is 3.53. The number of carbonyl (C=O) groups is 2. The normalized spacial score (nSPS) is 10.8. The van der Waals surface area contributed by atoms with E-state index < -0.39 is 5.91 Å². The van der Waals surface area contributed by atoms with Crippen LogP contribution in [0.5, 0.6) is 5.75 Å². The van der Waals surface area contributed by atoms with E-state index in [1.54, 1.807) is 23.9 Å². The van der Waals surface area contributed by atoms with Crippen LogP contribution in [0.2, 0.25) is 0 Å². The Morgan fingerprint density at radius 1 is 1.26 bits per heavy atom. The van der Waals surface area contributed by atoms with Crippen molar-refractivity contribution in [2.75, 3.05) is 12.4 Å². The minimum atomic E-state index is -0.605. The monoisotopic (exact) mass is 415 g/mol. The van der Waals surface area contributed by atoms with Gasteiger partial charge in [0.25, 0.3) is 5.91 Å². The second kappa shape index (κ2) is 7.83. The van der Waals surface area contributed by atoms with Gasteiger partial charge in [-0.15, -0.1) is 0 Å². The van der Waals surface area contributed by atoms with Gasteiger partial charge in [0, 0.05) is 11.1 Å². The van der Waals surface area contributed by atoms with E-state index in [0.29, 0.717) is 28.5 Å². The highest BCUT2D eigenvalue weighted by Crippen LogP contribution is 2.34. The van der Waals surface area contributed by atoms with Gasteiger partial charge in [-0.05, 0) is 30.7 Å². The van der Waals surface area contributed by atoms with Crippen molar-refractivity contribution in [3.63, 3.8) is 0 Å². The molecule has 0 atom stereocenters. The quantitative estimate of drug-likeness (QED) is 0.418. The average molecular weight is 415 g/mol. The highest BCUT2D eigenvalue weighted by atomic mass is 16.5. The number of carbonyl (C=O) groups excluding carboxylic acids is 2. The first-order valence-electron chi connectivity index (χ1n) is 9.51. The molecule has 2 amide bonds. The summed E-state index contributed by atoms with van der Waals surface area (Å²) in [5, 5.41) is 6.03. The summed E-state index contributed by atoms with van der Waals surface area (Å²) in [5.41, 5.74) is 10.6. The number of imidazole rings is 1. The number of nitrogens with two attached hydrogens (primary N) is 1. The van der Waals surface area contributed by atoms with Crippen molar-refractivity contribution in [1.82, 2.24) is 14.6 Å². The van der Waals surface area contributed by atoms with Crippen LogP contribution in [0.1, 0.15) is 15.9 Å².